The summed E-state index contributed by atoms with van der Waals surface area (Å²) in [6.45, 7) is 4.56. The van der Waals surface area contributed by atoms with Gasteiger partial charge in [-0.25, -0.2) is 0 Å². The Morgan fingerprint density at radius 1 is 0.426 bits per heavy atom. The Morgan fingerprint density at radius 2 is 0.667 bits per heavy atom. The molecule has 0 saturated heterocycles. The standard InChI is InChI=1S/C47H95NO5S/c1-3-5-7-9-11-13-15-17-19-21-23-24-25-27-29-31-33-35-37-39-41-43-47(50)48-45(44-54(51,52)53)46(49)42-40-38-36-34-32-30-28-26-22-20-18-16-14-12-10-8-6-4-2/h45-46,49H,3-44H2,1-2H3,(H,48,50)(H,51,52,53). The average Bonchev–Trinajstić information content (AvgIpc) is 3.14. The van der Waals surface area contributed by atoms with Crippen LogP contribution in [0.5, 0.6) is 0 Å². The van der Waals surface area contributed by atoms with Crippen molar-refractivity contribution in [3.63, 3.8) is 0 Å². The number of hydrogen-bond acceptors (Lipinski definition) is 4. The van der Waals surface area contributed by atoms with Crippen molar-refractivity contribution in [1.82, 2.24) is 5.32 Å². The highest BCUT2D eigenvalue weighted by Crippen LogP contribution is 2.18. The largest absolute Gasteiger partial charge is 0.391 e. The van der Waals surface area contributed by atoms with E-state index in [9.17, 15) is 22.9 Å². The lowest BCUT2D eigenvalue weighted by molar-refractivity contribution is -0.122. The molecule has 0 aliphatic heterocycles. The fourth-order valence-electron chi connectivity index (χ4n) is 7.93. The number of amides is 1. The molecule has 0 heterocycles. The van der Waals surface area contributed by atoms with E-state index >= 15 is 0 Å². The number of aliphatic hydroxyl groups is 1. The summed E-state index contributed by atoms with van der Waals surface area (Å²) in [4.78, 5) is 12.6. The zero-order chi connectivity index (χ0) is 39.6. The van der Waals surface area contributed by atoms with E-state index in [2.05, 4.69) is 19.2 Å². The van der Waals surface area contributed by atoms with Gasteiger partial charge in [0.25, 0.3) is 10.1 Å². The Balaban J connectivity index is 3.73. The predicted octanol–water partition coefficient (Wildman–Crippen LogP) is 14.8. The molecule has 0 fully saturated rings. The predicted molar refractivity (Wildman–Crippen MR) is 235 cm³/mol. The smallest absolute Gasteiger partial charge is 0.266 e. The molecule has 0 aromatic rings. The van der Waals surface area contributed by atoms with Gasteiger partial charge in [0.1, 0.15) is 0 Å². The molecule has 6 nitrogen and oxygen atoms in total. The molecule has 1 amide bonds. The van der Waals surface area contributed by atoms with Crippen LogP contribution in [0.3, 0.4) is 0 Å². The Kier molecular flexibility index (Phi) is 41.4. The summed E-state index contributed by atoms with van der Waals surface area (Å²) in [6.07, 6.45) is 50.6. The Hall–Kier alpha value is -0.660. The molecule has 2 atom stereocenters. The third kappa shape index (κ3) is 42.5. The zero-order valence-corrected chi connectivity index (χ0v) is 37.2. The van der Waals surface area contributed by atoms with Crippen LogP contribution in [0, 0.1) is 0 Å². The molecular formula is C47H95NO5S. The van der Waals surface area contributed by atoms with Crippen molar-refractivity contribution in [1.29, 1.82) is 0 Å². The maximum Gasteiger partial charge on any atom is 0.266 e. The van der Waals surface area contributed by atoms with E-state index in [1.54, 1.807) is 0 Å². The summed E-state index contributed by atoms with van der Waals surface area (Å²) in [6, 6.07) is -0.965. The van der Waals surface area contributed by atoms with Crippen LogP contribution in [0.2, 0.25) is 0 Å². The summed E-state index contributed by atoms with van der Waals surface area (Å²) in [7, 11) is -4.31. The van der Waals surface area contributed by atoms with E-state index in [0.29, 0.717) is 12.8 Å². The summed E-state index contributed by atoms with van der Waals surface area (Å²) in [5.41, 5.74) is 0. The van der Waals surface area contributed by atoms with E-state index < -0.39 is 28.0 Å². The Morgan fingerprint density at radius 3 is 0.926 bits per heavy atom. The van der Waals surface area contributed by atoms with Gasteiger partial charge in [-0.3, -0.25) is 9.35 Å². The second-order valence-electron chi connectivity index (χ2n) is 17.1. The second-order valence-corrected chi connectivity index (χ2v) is 18.6. The molecule has 54 heavy (non-hydrogen) atoms. The summed E-state index contributed by atoms with van der Waals surface area (Å²) in [5.74, 6) is -0.878. The number of carbonyl (C=O) groups excluding carboxylic acids is 1. The van der Waals surface area contributed by atoms with Crippen molar-refractivity contribution in [3.05, 3.63) is 0 Å². The number of unbranched alkanes of at least 4 members (excludes halogenated alkanes) is 37. The third-order valence-electron chi connectivity index (χ3n) is 11.6. The van der Waals surface area contributed by atoms with Gasteiger partial charge in [-0.2, -0.15) is 8.42 Å². The van der Waals surface area contributed by atoms with Crippen molar-refractivity contribution < 1.29 is 22.9 Å². The minimum atomic E-state index is -4.31. The van der Waals surface area contributed by atoms with E-state index in [0.717, 1.165) is 38.5 Å². The van der Waals surface area contributed by atoms with Gasteiger partial charge in [-0.1, -0.05) is 258 Å². The minimum Gasteiger partial charge on any atom is -0.391 e. The highest BCUT2D eigenvalue weighted by molar-refractivity contribution is 7.85. The molecule has 0 rings (SSSR count). The lowest BCUT2D eigenvalue weighted by Crippen LogP contribution is -2.47. The molecule has 324 valence electrons. The molecule has 0 bridgehead atoms. The van der Waals surface area contributed by atoms with Crippen molar-refractivity contribution in [2.75, 3.05) is 5.75 Å². The topological polar surface area (TPSA) is 104 Å². The number of rotatable bonds is 45. The lowest BCUT2D eigenvalue weighted by Gasteiger charge is -2.23. The van der Waals surface area contributed by atoms with Crippen molar-refractivity contribution in [2.24, 2.45) is 0 Å². The molecule has 0 saturated carbocycles. The highest BCUT2D eigenvalue weighted by atomic mass is 32.2. The van der Waals surface area contributed by atoms with Crippen molar-refractivity contribution >= 4 is 16.0 Å². The molecule has 0 aromatic carbocycles. The first-order chi connectivity index (χ1) is 26.3. The fourth-order valence-corrected chi connectivity index (χ4v) is 8.69. The molecule has 0 radical (unpaired) electrons. The van der Waals surface area contributed by atoms with Crippen molar-refractivity contribution in [2.45, 2.75) is 289 Å². The molecule has 2 unspecified atom stereocenters. The van der Waals surface area contributed by atoms with Crippen LogP contribution in [0.4, 0.5) is 0 Å². The zero-order valence-electron chi connectivity index (χ0n) is 36.4. The molecule has 0 aliphatic rings. The van der Waals surface area contributed by atoms with Gasteiger partial charge in [0.15, 0.2) is 0 Å². The van der Waals surface area contributed by atoms with Crippen LogP contribution >= 0.6 is 0 Å². The fraction of sp³-hybridized carbons (Fsp3) is 0.979. The van der Waals surface area contributed by atoms with Gasteiger partial charge >= 0.3 is 0 Å². The Labute approximate surface area is 338 Å². The van der Waals surface area contributed by atoms with E-state index in [1.165, 1.54) is 212 Å². The first kappa shape index (κ1) is 53.3. The molecule has 0 aromatic heterocycles. The quantitative estimate of drug-likeness (QED) is 0.0421. The highest BCUT2D eigenvalue weighted by Gasteiger charge is 2.26. The van der Waals surface area contributed by atoms with Gasteiger partial charge in [0.2, 0.25) is 5.91 Å². The molecule has 3 N–H and O–H groups in total. The minimum absolute atomic E-state index is 0.238. The maximum atomic E-state index is 12.6. The van der Waals surface area contributed by atoms with Gasteiger partial charge in [0, 0.05) is 6.42 Å². The summed E-state index contributed by atoms with van der Waals surface area (Å²) < 4.78 is 32.7. The van der Waals surface area contributed by atoms with Gasteiger partial charge < -0.3 is 10.4 Å². The average molecular weight is 786 g/mol. The SMILES string of the molecule is CCCCCCCCCCCCCCCCCCCCCCCC(=O)NC(CS(=O)(=O)O)C(O)CCCCCCCCCCCCCCCCCCCC. The lowest BCUT2D eigenvalue weighted by atomic mass is 10.0. The van der Waals surface area contributed by atoms with Crippen LogP contribution in [0.1, 0.15) is 277 Å². The normalized spacial score (nSPS) is 13.0. The van der Waals surface area contributed by atoms with Gasteiger partial charge in [-0.15, -0.1) is 0 Å². The van der Waals surface area contributed by atoms with E-state index in [4.69, 9.17) is 0 Å². The molecular weight excluding hydrogens is 691 g/mol. The molecule has 0 aliphatic carbocycles. The maximum absolute atomic E-state index is 12.6. The summed E-state index contributed by atoms with van der Waals surface area (Å²) in [5, 5.41) is 13.4. The van der Waals surface area contributed by atoms with Crippen LogP contribution < -0.4 is 5.32 Å². The van der Waals surface area contributed by atoms with Crippen LogP contribution in [0.15, 0.2) is 0 Å². The second kappa shape index (κ2) is 42.0. The number of aliphatic hydroxyl groups excluding tert-OH is 1. The van der Waals surface area contributed by atoms with Crippen LogP contribution in [-0.4, -0.2) is 41.9 Å². The molecule has 0 spiro atoms. The third-order valence-corrected chi connectivity index (χ3v) is 12.3. The van der Waals surface area contributed by atoms with E-state index in [1.807, 2.05) is 0 Å². The van der Waals surface area contributed by atoms with Crippen LogP contribution in [0.25, 0.3) is 0 Å². The number of nitrogens with one attached hydrogen (secondary N) is 1. The van der Waals surface area contributed by atoms with Crippen LogP contribution in [-0.2, 0) is 14.9 Å². The Bertz CT molecular complexity index is 866. The number of hydrogen-bond donors (Lipinski definition) is 3. The van der Waals surface area contributed by atoms with Gasteiger partial charge in [0.05, 0.1) is 17.9 Å². The molecule has 7 heteroatoms. The monoisotopic (exact) mass is 786 g/mol. The van der Waals surface area contributed by atoms with Crippen molar-refractivity contribution in [3.8, 4) is 0 Å². The number of carbonyl (C=O) groups is 1. The van der Waals surface area contributed by atoms with Gasteiger partial charge in [-0.05, 0) is 12.8 Å². The van der Waals surface area contributed by atoms with E-state index in [-0.39, 0.29) is 5.91 Å². The summed E-state index contributed by atoms with van der Waals surface area (Å²) >= 11 is 0. The first-order valence-electron chi connectivity index (χ1n) is 24.2. The first-order valence-corrected chi connectivity index (χ1v) is 25.8.